The fraction of sp³-hybridized carbons (Fsp3) is 0.409. The first-order chi connectivity index (χ1) is 14.6. The molecule has 1 aromatic heterocycles. The average Bonchev–Trinajstić information content (AvgIpc) is 3.42. The molecule has 0 N–H and O–H groups in total. The quantitative estimate of drug-likeness (QED) is 0.662. The summed E-state index contributed by atoms with van der Waals surface area (Å²) >= 11 is 1.57. The largest absolute Gasteiger partial charge is 0.459 e. The Morgan fingerprint density at radius 1 is 1.10 bits per heavy atom. The first-order valence-corrected chi connectivity index (χ1v) is 11.0. The molecule has 2 fully saturated rings. The molecule has 3 heterocycles. The van der Waals surface area contributed by atoms with Crippen LogP contribution in [0.4, 0.5) is 4.79 Å². The van der Waals surface area contributed by atoms with Crippen LogP contribution in [-0.4, -0.2) is 59.5 Å². The lowest BCUT2D eigenvalue weighted by Crippen LogP contribution is -2.52. The van der Waals surface area contributed by atoms with Crippen LogP contribution in [0.5, 0.6) is 0 Å². The molecular formula is C22H24N2O5S. The van der Waals surface area contributed by atoms with Crippen molar-refractivity contribution in [2.75, 3.05) is 19.7 Å². The van der Waals surface area contributed by atoms with E-state index in [1.54, 1.807) is 11.3 Å². The molecule has 2 aliphatic heterocycles. The maximum Gasteiger partial charge on any atom is 0.410 e. The molecule has 0 spiro atoms. The van der Waals surface area contributed by atoms with Gasteiger partial charge in [0, 0.05) is 24.0 Å². The summed E-state index contributed by atoms with van der Waals surface area (Å²) in [5.41, 5.74) is 0.889. The second kappa shape index (κ2) is 9.30. The summed E-state index contributed by atoms with van der Waals surface area (Å²) in [4.78, 5) is 41.8. The summed E-state index contributed by atoms with van der Waals surface area (Å²) < 4.78 is 10.6. The number of hydrogen-bond acceptors (Lipinski definition) is 6. The summed E-state index contributed by atoms with van der Waals surface area (Å²) in [6, 6.07) is 12.4. The summed E-state index contributed by atoms with van der Waals surface area (Å²) in [5, 5.41) is 1.96. The maximum atomic E-state index is 12.6. The zero-order chi connectivity index (χ0) is 20.9. The number of benzene rings is 1. The van der Waals surface area contributed by atoms with Crippen LogP contribution < -0.4 is 0 Å². The minimum Gasteiger partial charge on any atom is -0.459 e. The van der Waals surface area contributed by atoms with E-state index in [-0.39, 0.29) is 25.2 Å². The number of amides is 2. The van der Waals surface area contributed by atoms with E-state index < -0.39 is 18.1 Å². The number of likely N-dealkylation sites (tertiary alicyclic amines) is 1. The van der Waals surface area contributed by atoms with E-state index in [2.05, 4.69) is 0 Å². The molecule has 158 valence electrons. The molecule has 1 unspecified atom stereocenters. The van der Waals surface area contributed by atoms with Crippen molar-refractivity contribution in [3.8, 4) is 0 Å². The van der Waals surface area contributed by atoms with Gasteiger partial charge in [0.05, 0.1) is 6.42 Å². The summed E-state index contributed by atoms with van der Waals surface area (Å²) in [6.07, 6.45) is 1.16. The SMILES string of the molecule is O=C(OCc1ccccc1)C1COC(=O)N1C1CCN(C(=O)Cc2cccs2)CC1. The van der Waals surface area contributed by atoms with Gasteiger partial charge in [-0.1, -0.05) is 36.4 Å². The van der Waals surface area contributed by atoms with Crippen molar-refractivity contribution in [2.24, 2.45) is 0 Å². The Balaban J connectivity index is 1.31. The molecular weight excluding hydrogens is 404 g/mol. The summed E-state index contributed by atoms with van der Waals surface area (Å²) in [6.45, 7) is 1.28. The van der Waals surface area contributed by atoms with Crippen LogP contribution in [0.25, 0.3) is 0 Å². The van der Waals surface area contributed by atoms with E-state index >= 15 is 0 Å². The zero-order valence-corrected chi connectivity index (χ0v) is 17.4. The Kier molecular flexibility index (Phi) is 6.32. The highest BCUT2D eigenvalue weighted by atomic mass is 32.1. The average molecular weight is 429 g/mol. The third-order valence-corrected chi connectivity index (χ3v) is 6.40. The lowest BCUT2D eigenvalue weighted by molar-refractivity contribution is -0.150. The third-order valence-electron chi connectivity index (χ3n) is 5.52. The third kappa shape index (κ3) is 4.64. The van der Waals surface area contributed by atoms with Crippen LogP contribution in [0.1, 0.15) is 23.3 Å². The molecule has 1 atom stereocenters. The molecule has 7 nitrogen and oxygen atoms in total. The van der Waals surface area contributed by atoms with Crippen molar-refractivity contribution in [2.45, 2.75) is 38.0 Å². The Labute approximate surface area is 179 Å². The topological polar surface area (TPSA) is 76.2 Å². The molecule has 2 amide bonds. The van der Waals surface area contributed by atoms with Crippen molar-refractivity contribution in [1.82, 2.24) is 9.80 Å². The Hall–Kier alpha value is -2.87. The Morgan fingerprint density at radius 3 is 2.57 bits per heavy atom. The molecule has 8 heteroatoms. The molecule has 0 saturated carbocycles. The van der Waals surface area contributed by atoms with Crippen molar-refractivity contribution >= 4 is 29.3 Å². The molecule has 2 aliphatic rings. The van der Waals surface area contributed by atoms with Crippen LogP contribution in [-0.2, 0) is 32.1 Å². The standard InChI is InChI=1S/C22H24N2O5S/c25-20(13-18-7-4-12-30-18)23-10-8-17(9-11-23)24-19(15-29-22(24)27)21(26)28-14-16-5-2-1-3-6-16/h1-7,12,17,19H,8-11,13-15H2. The van der Waals surface area contributed by atoms with Crippen LogP contribution in [0.3, 0.4) is 0 Å². The van der Waals surface area contributed by atoms with Crippen LogP contribution in [0.15, 0.2) is 47.8 Å². The lowest BCUT2D eigenvalue weighted by Gasteiger charge is -2.37. The summed E-state index contributed by atoms with van der Waals surface area (Å²) in [7, 11) is 0. The lowest BCUT2D eigenvalue weighted by atomic mass is 10.0. The number of nitrogens with zero attached hydrogens (tertiary/aromatic N) is 2. The van der Waals surface area contributed by atoms with Gasteiger partial charge in [-0.3, -0.25) is 9.69 Å². The van der Waals surface area contributed by atoms with Crippen molar-refractivity contribution in [1.29, 1.82) is 0 Å². The predicted molar refractivity (Wildman–Crippen MR) is 111 cm³/mol. The second-order valence-electron chi connectivity index (χ2n) is 7.46. The Bertz CT molecular complexity index is 878. The molecule has 4 rings (SSSR count). The molecule has 30 heavy (non-hydrogen) atoms. The van der Waals surface area contributed by atoms with Crippen molar-refractivity contribution in [3.63, 3.8) is 0 Å². The van der Waals surface area contributed by atoms with Gasteiger partial charge < -0.3 is 14.4 Å². The van der Waals surface area contributed by atoms with E-state index in [9.17, 15) is 14.4 Å². The highest BCUT2D eigenvalue weighted by Crippen LogP contribution is 2.25. The molecule has 0 radical (unpaired) electrons. The molecule has 2 aromatic rings. The van der Waals surface area contributed by atoms with E-state index in [1.807, 2.05) is 52.7 Å². The number of thiophene rings is 1. The van der Waals surface area contributed by atoms with Gasteiger partial charge in [0.15, 0.2) is 6.04 Å². The molecule has 0 aliphatic carbocycles. The van der Waals surface area contributed by atoms with Gasteiger partial charge in [-0.05, 0) is 29.9 Å². The number of ether oxygens (including phenoxy) is 2. The van der Waals surface area contributed by atoms with Crippen molar-refractivity contribution in [3.05, 3.63) is 58.3 Å². The van der Waals surface area contributed by atoms with Crippen molar-refractivity contribution < 1.29 is 23.9 Å². The first-order valence-electron chi connectivity index (χ1n) is 10.1. The highest BCUT2D eigenvalue weighted by Gasteiger charge is 2.44. The molecule has 1 aromatic carbocycles. The number of esters is 1. The molecule has 0 bridgehead atoms. The number of cyclic esters (lactones) is 1. The first kappa shape index (κ1) is 20.4. The van der Waals surface area contributed by atoms with E-state index in [4.69, 9.17) is 9.47 Å². The van der Waals surface area contributed by atoms with E-state index in [0.717, 1.165) is 10.4 Å². The smallest absolute Gasteiger partial charge is 0.410 e. The van der Waals surface area contributed by atoms with Gasteiger partial charge in [0.2, 0.25) is 5.91 Å². The summed E-state index contributed by atoms with van der Waals surface area (Å²) in [5.74, 6) is -0.361. The van der Waals surface area contributed by atoms with Gasteiger partial charge in [-0.25, -0.2) is 9.59 Å². The Morgan fingerprint density at radius 2 is 1.87 bits per heavy atom. The van der Waals surface area contributed by atoms with E-state index in [1.165, 1.54) is 4.90 Å². The van der Waals surface area contributed by atoms with Crippen LogP contribution >= 0.6 is 11.3 Å². The number of hydrogen-bond donors (Lipinski definition) is 0. The fourth-order valence-corrected chi connectivity index (χ4v) is 4.61. The molecule has 2 saturated heterocycles. The van der Waals surface area contributed by atoms with Gasteiger partial charge in [-0.15, -0.1) is 11.3 Å². The second-order valence-corrected chi connectivity index (χ2v) is 8.49. The number of rotatable bonds is 6. The van der Waals surface area contributed by atoms with Crippen LogP contribution in [0, 0.1) is 0 Å². The number of piperidine rings is 1. The van der Waals surface area contributed by atoms with Gasteiger partial charge >= 0.3 is 12.1 Å². The fourth-order valence-electron chi connectivity index (χ4n) is 3.91. The maximum absolute atomic E-state index is 12.6. The minimum atomic E-state index is -0.736. The minimum absolute atomic E-state index is 0.00395. The van der Waals surface area contributed by atoms with Gasteiger partial charge in [-0.2, -0.15) is 0 Å². The van der Waals surface area contributed by atoms with Gasteiger partial charge in [0.1, 0.15) is 13.2 Å². The number of carbonyl (C=O) groups excluding carboxylic acids is 3. The van der Waals surface area contributed by atoms with E-state index in [0.29, 0.717) is 32.4 Å². The zero-order valence-electron chi connectivity index (χ0n) is 16.6. The highest BCUT2D eigenvalue weighted by molar-refractivity contribution is 7.10. The normalized spacial score (nSPS) is 19.6. The number of carbonyl (C=O) groups is 3. The van der Waals surface area contributed by atoms with Gasteiger partial charge in [0.25, 0.3) is 0 Å². The monoisotopic (exact) mass is 428 g/mol. The van der Waals surface area contributed by atoms with Crippen LogP contribution in [0.2, 0.25) is 0 Å². The predicted octanol–water partition coefficient (Wildman–Crippen LogP) is 2.85.